The van der Waals surface area contributed by atoms with Gasteiger partial charge in [0.1, 0.15) is 0 Å². The summed E-state index contributed by atoms with van der Waals surface area (Å²) in [6.45, 7) is 6.33. The maximum atomic E-state index is 12.5. The van der Waals surface area contributed by atoms with Crippen LogP contribution < -0.4 is 14.8 Å². The fraction of sp³-hybridized carbons (Fsp3) is 0.526. The zero-order chi connectivity index (χ0) is 17.2. The summed E-state index contributed by atoms with van der Waals surface area (Å²) < 4.78 is 11.7. The molecule has 2 aliphatic rings. The Morgan fingerprint density at radius 2 is 2.08 bits per heavy atom. The third-order valence-electron chi connectivity index (χ3n) is 4.78. The number of piperidine rings is 1. The number of ether oxygens (including phenoxy) is 2. The molecule has 0 radical (unpaired) electrons. The van der Waals surface area contributed by atoms with E-state index in [1.165, 1.54) is 0 Å². The summed E-state index contributed by atoms with van der Waals surface area (Å²) in [6.07, 6.45) is 7.76. The summed E-state index contributed by atoms with van der Waals surface area (Å²) in [5.41, 5.74) is 0.744. The number of likely N-dealkylation sites (tertiary alicyclic amines) is 1. The molecule has 1 amide bonds. The number of carbonyl (C=O) groups is 1. The molecule has 128 valence electrons. The van der Waals surface area contributed by atoms with Gasteiger partial charge in [0.2, 0.25) is 11.7 Å². The molecule has 5 nitrogen and oxygen atoms in total. The fourth-order valence-electron chi connectivity index (χ4n) is 3.11. The molecule has 1 saturated heterocycles. The van der Waals surface area contributed by atoms with Crippen LogP contribution in [0.1, 0.15) is 33.1 Å². The first kappa shape index (κ1) is 16.7. The Balaban J connectivity index is 1.59. The van der Waals surface area contributed by atoms with Gasteiger partial charge in [-0.05, 0) is 38.1 Å². The van der Waals surface area contributed by atoms with Gasteiger partial charge in [0.15, 0.2) is 11.5 Å². The van der Waals surface area contributed by atoms with Crippen LogP contribution in [0.5, 0.6) is 11.5 Å². The molecular weight excluding hydrogens is 304 g/mol. The number of terminal acetylenes is 1. The van der Waals surface area contributed by atoms with Crippen molar-refractivity contribution < 1.29 is 14.3 Å². The molecule has 0 aromatic heterocycles. The lowest BCUT2D eigenvalue weighted by atomic mass is 9.96. The van der Waals surface area contributed by atoms with E-state index in [1.807, 2.05) is 32.0 Å². The summed E-state index contributed by atoms with van der Waals surface area (Å²) in [5, 5.41) is 3.00. The maximum Gasteiger partial charge on any atom is 0.248 e. The van der Waals surface area contributed by atoms with E-state index in [9.17, 15) is 4.79 Å². The number of rotatable bonds is 4. The third kappa shape index (κ3) is 3.49. The minimum Gasteiger partial charge on any atom is -0.449 e. The highest BCUT2D eigenvalue weighted by Gasteiger charge is 2.35. The van der Waals surface area contributed by atoms with Crippen molar-refractivity contribution in [1.29, 1.82) is 0 Å². The van der Waals surface area contributed by atoms with Gasteiger partial charge in [0, 0.05) is 31.0 Å². The Morgan fingerprint density at radius 3 is 2.75 bits per heavy atom. The zero-order valence-corrected chi connectivity index (χ0v) is 14.3. The van der Waals surface area contributed by atoms with Gasteiger partial charge < -0.3 is 14.8 Å². The van der Waals surface area contributed by atoms with E-state index in [0.717, 1.165) is 43.8 Å². The van der Waals surface area contributed by atoms with Crippen LogP contribution in [0.4, 0.5) is 5.69 Å². The highest BCUT2D eigenvalue weighted by Crippen LogP contribution is 2.42. The first-order valence-electron chi connectivity index (χ1n) is 8.52. The second kappa shape index (κ2) is 6.74. The molecule has 0 bridgehead atoms. The van der Waals surface area contributed by atoms with Crippen molar-refractivity contribution in [1.82, 2.24) is 4.90 Å². The quantitative estimate of drug-likeness (QED) is 0.864. The Labute approximate surface area is 143 Å². The molecule has 2 aliphatic heterocycles. The molecule has 0 unspecified atom stereocenters. The molecular formula is C19H24N2O3. The number of benzene rings is 1. The predicted octanol–water partition coefficient (Wildman–Crippen LogP) is 2.87. The highest BCUT2D eigenvalue weighted by atomic mass is 16.7. The van der Waals surface area contributed by atoms with Crippen molar-refractivity contribution in [2.45, 2.75) is 38.9 Å². The lowest BCUT2D eigenvalue weighted by Crippen LogP contribution is -2.38. The average Bonchev–Trinajstić information content (AvgIpc) is 2.92. The number of amides is 1. The van der Waals surface area contributed by atoms with Crippen molar-refractivity contribution in [3.05, 3.63) is 18.2 Å². The van der Waals surface area contributed by atoms with Crippen molar-refractivity contribution in [2.24, 2.45) is 5.92 Å². The monoisotopic (exact) mass is 328 g/mol. The standard InChI is InChI=1S/C19H24N2O3/c1-4-10-21-11-8-14(9-12-21)18(22)20-15-6-7-16-17(13-15)24-19(3,5-2)23-16/h1,6-7,13-14H,5,8-12H2,2-3H3,(H,20,22)/t19-/m1/s1. The summed E-state index contributed by atoms with van der Waals surface area (Å²) in [6, 6.07) is 5.54. The summed E-state index contributed by atoms with van der Waals surface area (Å²) in [5.74, 6) is 3.54. The molecule has 1 fully saturated rings. The molecule has 1 atom stereocenters. The van der Waals surface area contributed by atoms with Crippen LogP contribution in [-0.4, -0.2) is 36.2 Å². The van der Waals surface area contributed by atoms with Crippen LogP contribution in [-0.2, 0) is 4.79 Å². The van der Waals surface area contributed by atoms with E-state index in [1.54, 1.807) is 0 Å². The Hall–Kier alpha value is -2.19. The van der Waals surface area contributed by atoms with E-state index < -0.39 is 5.79 Å². The van der Waals surface area contributed by atoms with Crippen LogP contribution in [0.15, 0.2) is 18.2 Å². The Kier molecular flexibility index (Phi) is 4.68. The van der Waals surface area contributed by atoms with Gasteiger partial charge in [-0.25, -0.2) is 0 Å². The molecule has 0 spiro atoms. The Morgan fingerprint density at radius 1 is 1.38 bits per heavy atom. The van der Waals surface area contributed by atoms with E-state index in [0.29, 0.717) is 12.3 Å². The molecule has 3 rings (SSSR count). The van der Waals surface area contributed by atoms with Gasteiger partial charge in [-0.2, -0.15) is 0 Å². The topological polar surface area (TPSA) is 50.8 Å². The SMILES string of the molecule is C#CCN1CCC(C(=O)Nc2ccc3c(c2)O[C@](C)(CC)O3)CC1. The van der Waals surface area contributed by atoms with Crippen LogP contribution in [0.3, 0.4) is 0 Å². The largest absolute Gasteiger partial charge is 0.449 e. The second-order valence-electron chi connectivity index (χ2n) is 6.60. The number of fused-ring (bicyclic) bond motifs is 1. The lowest BCUT2D eigenvalue weighted by Gasteiger charge is -2.29. The van der Waals surface area contributed by atoms with Gasteiger partial charge >= 0.3 is 0 Å². The normalized spacial score (nSPS) is 23.7. The van der Waals surface area contributed by atoms with Gasteiger partial charge in [0.05, 0.1) is 6.54 Å². The van der Waals surface area contributed by atoms with Crippen LogP contribution in [0, 0.1) is 18.3 Å². The van der Waals surface area contributed by atoms with Gasteiger partial charge in [-0.15, -0.1) is 6.42 Å². The summed E-state index contributed by atoms with van der Waals surface area (Å²) in [4.78, 5) is 14.7. The fourth-order valence-corrected chi connectivity index (χ4v) is 3.11. The van der Waals surface area contributed by atoms with Crippen molar-refractivity contribution in [3.8, 4) is 23.8 Å². The van der Waals surface area contributed by atoms with Crippen LogP contribution >= 0.6 is 0 Å². The zero-order valence-electron chi connectivity index (χ0n) is 14.3. The number of hydrogen-bond donors (Lipinski definition) is 1. The molecule has 5 heteroatoms. The molecule has 1 N–H and O–H groups in total. The predicted molar refractivity (Wildman–Crippen MR) is 93.0 cm³/mol. The minimum atomic E-state index is -0.616. The number of nitrogens with one attached hydrogen (secondary N) is 1. The highest BCUT2D eigenvalue weighted by molar-refractivity contribution is 5.93. The average molecular weight is 328 g/mol. The van der Waals surface area contributed by atoms with E-state index >= 15 is 0 Å². The lowest BCUT2D eigenvalue weighted by molar-refractivity contribution is -0.121. The van der Waals surface area contributed by atoms with E-state index in [2.05, 4.69) is 16.1 Å². The molecule has 24 heavy (non-hydrogen) atoms. The second-order valence-corrected chi connectivity index (χ2v) is 6.60. The van der Waals surface area contributed by atoms with Crippen molar-refractivity contribution in [2.75, 3.05) is 25.0 Å². The number of carbonyl (C=O) groups excluding carboxylic acids is 1. The van der Waals surface area contributed by atoms with Gasteiger partial charge in [-0.3, -0.25) is 9.69 Å². The van der Waals surface area contributed by atoms with E-state index in [4.69, 9.17) is 15.9 Å². The molecule has 1 aromatic rings. The third-order valence-corrected chi connectivity index (χ3v) is 4.78. The summed E-state index contributed by atoms with van der Waals surface area (Å²) in [7, 11) is 0. The maximum absolute atomic E-state index is 12.5. The minimum absolute atomic E-state index is 0.0327. The van der Waals surface area contributed by atoms with Gasteiger partial charge in [-0.1, -0.05) is 12.8 Å². The van der Waals surface area contributed by atoms with Crippen molar-refractivity contribution in [3.63, 3.8) is 0 Å². The molecule has 2 heterocycles. The van der Waals surface area contributed by atoms with E-state index in [-0.39, 0.29) is 11.8 Å². The van der Waals surface area contributed by atoms with Crippen molar-refractivity contribution >= 4 is 11.6 Å². The van der Waals surface area contributed by atoms with Crippen LogP contribution in [0.25, 0.3) is 0 Å². The van der Waals surface area contributed by atoms with Gasteiger partial charge in [0.25, 0.3) is 0 Å². The number of anilines is 1. The molecule has 0 saturated carbocycles. The Bertz CT molecular complexity index is 659. The molecule has 0 aliphatic carbocycles. The first-order valence-corrected chi connectivity index (χ1v) is 8.52. The summed E-state index contributed by atoms with van der Waals surface area (Å²) >= 11 is 0. The number of nitrogens with zero attached hydrogens (tertiary/aromatic N) is 1. The van der Waals surface area contributed by atoms with Crippen LogP contribution in [0.2, 0.25) is 0 Å². The number of hydrogen-bond acceptors (Lipinski definition) is 4. The molecule has 1 aromatic carbocycles. The smallest absolute Gasteiger partial charge is 0.248 e. The first-order chi connectivity index (χ1) is 11.5.